The lowest BCUT2D eigenvalue weighted by Gasteiger charge is -2.08. The number of hydrogen-bond donors (Lipinski definition) is 1. The summed E-state index contributed by atoms with van der Waals surface area (Å²) < 4.78 is 5.78. The summed E-state index contributed by atoms with van der Waals surface area (Å²) in [5.41, 5.74) is 2.64. The Balaban J connectivity index is 1.48. The summed E-state index contributed by atoms with van der Waals surface area (Å²) in [7, 11) is 0. The number of nitriles is 1. The Morgan fingerprint density at radius 2 is 1.68 bits per heavy atom. The van der Waals surface area contributed by atoms with Crippen LogP contribution in [-0.4, -0.2) is 16.5 Å². The van der Waals surface area contributed by atoms with Crippen LogP contribution in [0.3, 0.4) is 0 Å². The van der Waals surface area contributed by atoms with Crippen molar-refractivity contribution in [1.82, 2.24) is 9.97 Å². The summed E-state index contributed by atoms with van der Waals surface area (Å²) in [5.74, 6) is 1.37. The van der Waals surface area contributed by atoms with Crippen molar-refractivity contribution in [3.63, 3.8) is 0 Å². The molecule has 124 valence electrons. The Bertz CT molecular complexity index is 842. The summed E-state index contributed by atoms with van der Waals surface area (Å²) in [6.45, 7) is 1.24. The van der Waals surface area contributed by atoms with Crippen molar-refractivity contribution in [1.29, 1.82) is 5.26 Å². The highest BCUT2D eigenvalue weighted by Gasteiger charge is 2.03. The third-order valence-corrected chi connectivity index (χ3v) is 3.68. The SMILES string of the molecule is N#Cc1nccnc1NCCc1ccc(OCc2ccccc2)cc1. The molecule has 0 spiro atoms. The summed E-state index contributed by atoms with van der Waals surface area (Å²) in [6, 6.07) is 20.2. The Labute approximate surface area is 147 Å². The molecule has 1 N–H and O–H groups in total. The Kier molecular flexibility index (Phi) is 5.57. The molecule has 0 unspecified atom stereocenters. The zero-order valence-corrected chi connectivity index (χ0v) is 13.7. The lowest BCUT2D eigenvalue weighted by Crippen LogP contribution is -2.08. The molecule has 0 aliphatic carbocycles. The number of hydrogen-bond acceptors (Lipinski definition) is 5. The van der Waals surface area contributed by atoms with Crippen molar-refractivity contribution in [2.75, 3.05) is 11.9 Å². The molecule has 3 rings (SSSR count). The molecule has 0 saturated carbocycles. The van der Waals surface area contributed by atoms with Crippen LogP contribution in [-0.2, 0) is 13.0 Å². The average Bonchev–Trinajstić information content (AvgIpc) is 2.68. The van der Waals surface area contributed by atoms with Gasteiger partial charge in [0, 0.05) is 18.9 Å². The van der Waals surface area contributed by atoms with Gasteiger partial charge in [-0.05, 0) is 29.7 Å². The fourth-order valence-corrected chi connectivity index (χ4v) is 2.37. The Hall–Kier alpha value is -3.39. The Morgan fingerprint density at radius 3 is 2.44 bits per heavy atom. The number of nitrogens with one attached hydrogen (secondary N) is 1. The highest BCUT2D eigenvalue weighted by atomic mass is 16.5. The second-order valence-electron chi connectivity index (χ2n) is 5.46. The third kappa shape index (κ3) is 4.79. The first kappa shape index (κ1) is 16.5. The number of ether oxygens (including phenoxy) is 1. The van der Waals surface area contributed by atoms with Gasteiger partial charge in [0.15, 0.2) is 11.5 Å². The van der Waals surface area contributed by atoms with Crippen LogP contribution < -0.4 is 10.1 Å². The second kappa shape index (κ2) is 8.46. The van der Waals surface area contributed by atoms with Gasteiger partial charge in [0.05, 0.1) is 0 Å². The van der Waals surface area contributed by atoms with E-state index < -0.39 is 0 Å². The van der Waals surface area contributed by atoms with Crippen molar-refractivity contribution in [2.24, 2.45) is 0 Å². The van der Waals surface area contributed by atoms with E-state index in [1.54, 1.807) is 6.20 Å². The van der Waals surface area contributed by atoms with Crippen LogP contribution >= 0.6 is 0 Å². The van der Waals surface area contributed by atoms with E-state index in [4.69, 9.17) is 10.00 Å². The number of aromatic nitrogens is 2. The molecule has 1 aromatic heterocycles. The van der Waals surface area contributed by atoms with Crippen LogP contribution in [0, 0.1) is 11.3 Å². The largest absolute Gasteiger partial charge is 0.489 e. The van der Waals surface area contributed by atoms with Gasteiger partial charge in [-0.3, -0.25) is 0 Å². The van der Waals surface area contributed by atoms with Gasteiger partial charge in [0.25, 0.3) is 0 Å². The highest BCUT2D eigenvalue weighted by Crippen LogP contribution is 2.15. The number of anilines is 1. The minimum absolute atomic E-state index is 0.312. The second-order valence-corrected chi connectivity index (χ2v) is 5.46. The molecule has 1 heterocycles. The lowest BCUT2D eigenvalue weighted by molar-refractivity contribution is 0.306. The van der Waals surface area contributed by atoms with Crippen LogP contribution in [0.2, 0.25) is 0 Å². The quantitative estimate of drug-likeness (QED) is 0.717. The standard InChI is InChI=1S/C20H18N4O/c21-14-19-20(24-13-12-22-19)23-11-10-16-6-8-18(9-7-16)25-15-17-4-2-1-3-5-17/h1-9,12-13H,10-11,15H2,(H,23,24). The van der Waals surface area contributed by atoms with Gasteiger partial charge in [-0.25, -0.2) is 9.97 Å². The molecule has 0 aliphatic heterocycles. The maximum absolute atomic E-state index is 8.99. The minimum Gasteiger partial charge on any atom is -0.489 e. The molecule has 0 saturated heterocycles. The molecular weight excluding hydrogens is 312 g/mol. The predicted octanol–water partition coefficient (Wildman–Crippen LogP) is 3.58. The highest BCUT2D eigenvalue weighted by molar-refractivity contribution is 5.46. The van der Waals surface area contributed by atoms with Gasteiger partial charge in [-0.2, -0.15) is 5.26 Å². The van der Waals surface area contributed by atoms with E-state index in [9.17, 15) is 0 Å². The molecule has 2 aromatic carbocycles. The molecule has 0 amide bonds. The molecule has 0 aliphatic rings. The molecular formula is C20H18N4O. The first-order chi connectivity index (χ1) is 12.3. The molecule has 0 radical (unpaired) electrons. The number of benzene rings is 2. The number of rotatable bonds is 7. The van der Waals surface area contributed by atoms with Gasteiger partial charge in [0.2, 0.25) is 0 Å². The summed E-state index contributed by atoms with van der Waals surface area (Å²) >= 11 is 0. The predicted molar refractivity (Wildman–Crippen MR) is 96.2 cm³/mol. The fourth-order valence-electron chi connectivity index (χ4n) is 2.37. The summed E-state index contributed by atoms with van der Waals surface area (Å²) in [4.78, 5) is 8.11. The average molecular weight is 330 g/mol. The molecule has 0 bridgehead atoms. The van der Waals surface area contributed by atoms with Crippen LogP contribution in [0.5, 0.6) is 5.75 Å². The fraction of sp³-hybridized carbons (Fsp3) is 0.150. The van der Waals surface area contributed by atoms with Gasteiger partial charge in [-0.1, -0.05) is 42.5 Å². The first-order valence-corrected chi connectivity index (χ1v) is 8.06. The zero-order chi connectivity index (χ0) is 17.3. The molecule has 25 heavy (non-hydrogen) atoms. The molecule has 5 heteroatoms. The van der Waals surface area contributed by atoms with Gasteiger partial charge in [-0.15, -0.1) is 0 Å². The Morgan fingerprint density at radius 1 is 0.920 bits per heavy atom. The lowest BCUT2D eigenvalue weighted by atomic mass is 10.1. The van der Waals surface area contributed by atoms with E-state index in [1.165, 1.54) is 11.8 Å². The van der Waals surface area contributed by atoms with Crippen LogP contribution in [0.25, 0.3) is 0 Å². The van der Waals surface area contributed by atoms with Crippen molar-refractivity contribution in [3.8, 4) is 11.8 Å². The van der Waals surface area contributed by atoms with Gasteiger partial charge >= 0.3 is 0 Å². The van der Waals surface area contributed by atoms with E-state index >= 15 is 0 Å². The summed E-state index contributed by atoms with van der Waals surface area (Å²) in [5, 5.41) is 12.1. The minimum atomic E-state index is 0.312. The van der Waals surface area contributed by atoms with Crippen LogP contribution in [0.4, 0.5) is 5.82 Å². The van der Waals surface area contributed by atoms with Crippen molar-refractivity contribution < 1.29 is 4.74 Å². The monoisotopic (exact) mass is 330 g/mol. The first-order valence-electron chi connectivity index (χ1n) is 8.06. The van der Waals surface area contributed by atoms with Crippen molar-refractivity contribution in [3.05, 3.63) is 83.8 Å². The van der Waals surface area contributed by atoms with Crippen molar-refractivity contribution >= 4 is 5.82 Å². The van der Waals surface area contributed by atoms with Gasteiger partial charge < -0.3 is 10.1 Å². The normalized spacial score (nSPS) is 10.0. The van der Waals surface area contributed by atoms with Crippen LogP contribution in [0.1, 0.15) is 16.8 Å². The molecule has 0 fully saturated rings. The van der Waals surface area contributed by atoms with E-state index in [0.717, 1.165) is 17.7 Å². The topological polar surface area (TPSA) is 70.8 Å². The van der Waals surface area contributed by atoms with E-state index in [2.05, 4.69) is 15.3 Å². The third-order valence-electron chi connectivity index (χ3n) is 3.68. The van der Waals surface area contributed by atoms with Gasteiger partial charge in [0.1, 0.15) is 18.4 Å². The molecule has 3 aromatic rings. The molecule has 0 atom stereocenters. The maximum Gasteiger partial charge on any atom is 0.182 e. The van der Waals surface area contributed by atoms with Crippen LogP contribution in [0.15, 0.2) is 67.0 Å². The maximum atomic E-state index is 8.99. The smallest absolute Gasteiger partial charge is 0.182 e. The van der Waals surface area contributed by atoms with E-state index in [1.807, 2.05) is 60.7 Å². The van der Waals surface area contributed by atoms with E-state index in [0.29, 0.717) is 24.7 Å². The van der Waals surface area contributed by atoms with Crippen molar-refractivity contribution in [2.45, 2.75) is 13.0 Å². The molecule has 5 nitrogen and oxygen atoms in total. The summed E-state index contributed by atoms with van der Waals surface area (Å²) in [6.07, 6.45) is 3.90. The van der Waals surface area contributed by atoms with E-state index in [-0.39, 0.29) is 0 Å². The number of nitrogens with zero attached hydrogens (tertiary/aromatic N) is 3. The zero-order valence-electron chi connectivity index (χ0n) is 13.7.